The van der Waals surface area contributed by atoms with Gasteiger partial charge in [0.15, 0.2) is 5.82 Å². The topological polar surface area (TPSA) is 111 Å². The van der Waals surface area contributed by atoms with Gasteiger partial charge in [0, 0.05) is 23.2 Å². The van der Waals surface area contributed by atoms with Crippen LogP contribution in [0.4, 0.5) is 0 Å². The van der Waals surface area contributed by atoms with Gasteiger partial charge in [-0.15, -0.1) is 5.10 Å². The van der Waals surface area contributed by atoms with Gasteiger partial charge < -0.3 is 5.32 Å². The van der Waals surface area contributed by atoms with Crippen LogP contribution in [0.25, 0.3) is 16.9 Å². The number of hydrogen-bond acceptors (Lipinski definition) is 7. The van der Waals surface area contributed by atoms with Crippen LogP contribution < -0.4 is 5.32 Å². The number of tetrazole rings is 1. The molecule has 0 aliphatic rings. The average Bonchev–Trinajstić information content (AvgIpc) is 3.29. The SMILES string of the molecule is Cc1ccc(-c2cc(C(=O)NCc3ccc(C)nn3)cc(-n3nnnc3C(C)C)c2)nc1. The second kappa shape index (κ2) is 9.01. The molecule has 0 radical (unpaired) electrons. The van der Waals surface area contributed by atoms with Gasteiger partial charge in [-0.2, -0.15) is 14.9 Å². The number of benzene rings is 1. The normalized spacial score (nSPS) is 11.0. The minimum Gasteiger partial charge on any atom is -0.346 e. The molecule has 1 aromatic carbocycles. The second-order valence-electron chi connectivity index (χ2n) is 7.94. The Kier molecular flexibility index (Phi) is 5.98. The van der Waals surface area contributed by atoms with E-state index in [0.29, 0.717) is 22.8 Å². The fourth-order valence-corrected chi connectivity index (χ4v) is 3.18. The highest BCUT2D eigenvalue weighted by Crippen LogP contribution is 2.25. The molecule has 4 rings (SSSR count). The van der Waals surface area contributed by atoms with Crippen LogP contribution in [-0.4, -0.2) is 41.3 Å². The molecule has 0 aliphatic heterocycles. The summed E-state index contributed by atoms with van der Waals surface area (Å²) < 4.78 is 1.66. The summed E-state index contributed by atoms with van der Waals surface area (Å²) in [5.74, 6) is 0.589. The van der Waals surface area contributed by atoms with Gasteiger partial charge >= 0.3 is 0 Å². The maximum atomic E-state index is 13.0. The Hall–Kier alpha value is -4.01. The van der Waals surface area contributed by atoms with Crippen LogP contribution in [0.15, 0.2) is 48.7 Å². The van der Waals surface area contributed by atoms with E-state index in [2.05, 4.69) is 36.0 Å². The van der Waals surface area contributed by atoms with Gasteiger partial charge in [-0.25, -0.2) is 0 Å². The Morgan fingerprint density at radius 1 is 1.03 bits per heavy atom. The van der Waals surface area contributed by atoms with E-state index in [9.17, 15) is 4.79 Å². The Balaban J connectivity index is 1.71. The molecular formula is C23H24N8O. The number of pyridine rings is 1. The lowest BCUT2D eigenvalue weighted by molar-refractivity contribution is 0.0950. The minimum atomic E-state index is -0.234. The van der Waals surface area contributed by atoms with E-state index in [4.69, 9.17) is 0 Å². The molecule has 9 heteroatoms. The van der Waals surface area contributed by atoms with Crippen LogP contribution in [0.5, 0.6) is 0 Å². The van der Waals surface area contributed by atoms with E-state index < -0.39 is 0 Å². The summed E-state index contributed by atoms with van der Waals surface area (Å²) in [6, 6.07) is 13.1. The fourth-order valence-electron chi connectivity index (χ4n) is 3.18. The molecule has 0 atom stereocenters. The molecule has 0 aliphatic carbocycles. The Bertz CT molecular complexity index is 1230. The summed E-state index contributed by atoms with van der Waals surface area (Å²) >= 11 is 0. The first-order chi connectivity index (χ1) is 15.4. The molecule has 0 saturated carbocycles. The zero-order valence-electron chi connectivity index (χ0n) is 18.4. The summed E-state index contributed by atoms with van der Waals surface area (Å²) in [6.45, 7) is 8.16. The van der Waals surface area contributed by atoms with Crippen LogP contribution in [0.2, 0.25) is 0 Å². The van der Waals surface area contributed by atoms with Crippen LogP contribution in [0.3, 0.4) is 0 Å². The summed E-state index contributed by atoms with van der Waals surface area (Å²) in [7, 11) is 0. The van der Waals surface area contributed by atoms with Crippen LogP contribution >= 0.6 is 0 Å². The molecule has 1 N–H and O–H groups in total. The average molecular weight is 429 g/mol. The fraction of sp³-hybridized carbons (Fsp3) is 0.261. The predicted octanol–water partition coefficient (Wildman–Crippen LogP) is 3.18. The van der Waals surface area contributed by atoms with Gasteiger partial charge in [-0.1, -0.05) is 19.9 Å². The minimum absolute atomic E-state index is 0.114. The highest BCUT2D eigenvalue weighted by atomic mass is 16.1. The predicted molar refractivity (Wildman–Crippen MR) is 119 cm³/mol. The number of amides is 1. The highest BCUT2D eigenvalue weighted by molar-refractivity contribution is 5.96. The van der Waals surface area contributed by atoms with Gasteiger partial charge in [-0.05, 0) is 66.2 Å². The largest absolute Gasteiger partial charge is 0.346 e. The van der Waals surface area contributed by atoms with Crippen molar-refractivity contribution in [2.75, 3.05) is 0 Å². The zero-order chi connectivity index (χ0) is 22.7. The molecule has 3 aromatic heterocycles. The van der Waals surface area contributed by atoms with Crippen molar-refractivity contribution < 1.29 is 4.79 Å². The Morgan fingerprint density at radius 3 is 2.56 bits per heavy atom. The van der Waals surface area contributed by atoms with E-state index in [1.807, 2.05) is 64.1 Å². The molecule has 3 heterocycles. The van der Waals surface area contributed by atoms with Gasteiger partial charge in [-0.3, -0.25) is 9.78 Å². The van der Waals surface area contributed by atoms with Gasteiger partial charge in [0.1, 0.15) is 0 Å². The molecule has 0 fully saturated rings. The standard InChI is InChI=1S/C23H24N8O/c1-14(2)22-28-29-30-31(22)20-10-17(21-8-5-15(3)12-24-21)9-18(11-20)23(32)25-13-19-7-6-16(4)26-27-19/h5-12,14H,13H2,1-4H3,(H,25,32). The second-order valence-corrected chi connectivity index (χ2v) is 7.94. The first-order valence-electron chi connectivity index (χ1n) is 10.3. The van der Waals surface area contributed by atoms with E-state index in [1.165, 1.54) is 0 Å². The first-order valence-corrected chi connectivity index (χ1v) is 10.3. The van der Waals surface area contributed by atoms with E-state index in [1.54, 1.807) is 16.9 Å². The summed E-state index contributed by atoms with van der Waals surface area (Å²) in [4.78, 5) is 17.5. The van der Waals surface area contributed by atoms with Crippen molar-refractivity contribution in [2.45, 2.75) is 40.2 Å². The van der Waals surface area contributed by atoms with Crippen molar-refractivity contribution in [3.8, 4) is 16.9 Å². The van der Waals surface area contributed by atoms with E-state index in [0.717, 1.165) is 22.5 Å². The lowest BCUT2D eigenvalue weighted by Crippen LogP contribution is -2.24. The van der Waals surface area contributed by atoms with Crippen LogP contribution in [0.1, 0.15) is 52.9 Å². The number of aryl methyl sites for hydroxylation is 2. The molecule has 0 bridgehead atoms. The zero-order valence-corrected chi connectivity index (χ0v) is 18.4. The highest BCUT2D eigenvalue weighted by Gasteiger charge is 2.16. The molecule has 4 aromatic rings. The maximum absolute atomic E-state index is 13.0. The van der Waals surface area contributed by atoms with Crippen molar-refractivity contribution in [3.63, 3.8) is 0 Å². The third kappa shape index (κ3) is 4.66. The third-order valence-electron chi connectivity index (χ3n) is 4.92. The van der Waals surface area contributed by atoms with Gasteiger partial charge in [0.2, 0.25) is 0 Å². The van der Waals surface area contributed by atoms with E-state index in [-0.39, 0.29) is 18.4 Å². The molecule has 0 saturated heterocycles. The van der Waals surface area contributed by atoms with Crippen LogP contribution in [0, 0.1) is 13.8 Å². The summed E-state index contributed by atoms with van der Waals surface area (Å²) in [5.41, 5.74) is 5.30. The maximum Gasteiger partial charge on any atom is 0.251 e. The number of carbonyl (C=O) groups is 1. The number of nitrogens with zero attached hydrogens (tertiary/aromatic N) is 7. The van der Waals surface area contributed by atoms with Crippen molar-refractivity contribution in [3.05, 3.63) is 77.0 Å². The number of nitrogens with one attached hydrogen (secondary N) is 1. The lowest BCUT2D eigenvalue weighted by Gasteiger charge is -2.12. The number of carbonyl (C=O) groups excluding carboxylic acids is 1. The lowest BCUT2D eigenvalue weighted by atomic mass is 10.0. The number of rotatable bonds is 6. The number of aromatic nitrogens is 7. The Labute approximate surface area is 185 Å². The molecule has 0 unspecified atom stereocenters. The molecule has 32 heavy (non-hydrogen) atoms. The van der Waals surface area contributed by atoms with E-state index >= 15 is 0 Å². The van der Waals surface area contributed by atoms with Gasteiger partial charge in [0.05, 0.1) is 29.3 Å². The van der Waals surface area contributed by atoms with Crippen molar-refractivity contribution in [1.82, 2.24) is 40.7 Å². The number of hydrogen-bond donors (Lipinski definition) is 1. The quantitative estimate of drug-likeness (QED) is 0.502. The molecule has 162 valence electrons. The summed E-state index contributed by atoms with van der Waals surface area (Å²) in [6.07, 6.45) is 1.80. The van der Waals surface area contributed by atoms with Crippen LogP contribution in [-0.2, 0) is 6.54 Å². The van der Waals surface area contributed by atoms with Crippen molar-refractivity contribution in [2.24, 2.45) is 0 Å². The summed E-state index contributed by atoms with van der Waals surface area (Å²) in [5, 5.41) is 23.1. The molecule has 1 amide bonds. The van der Waals surface area contributed by atoms with Crippen molar-refractivity contribution >= 4 is 5.91 Å². The van der Waals surface area contributed by atoms with Crippen molar-refractivity contribution in [1.29, 1.82) is 0 Å². The smallest absolute Gasteiger partial charge is 0.251 e. The molecular weight excluding hydrogens is 404 g/mol. The first kappa shape index (κ1) is 21.2. The molecule has 0 spiro atoms. The Morgan fingerprint density at radius 2 is 1.88 bits per heavy atom. The molecule has 9 nitrogen and oxygen atoms in total. The monoisotopic (exact) mass is 428 g/mol. The van der Waals surface area contributed by atoms with Gasteiger partial charge in [0.25, 0.3) is 5.91 Å². The third-order valence-corrected chi connectivity index (χ3v) is 4.92.